The van der Waals surface area contributed by atoms with Crippen LogP contribution in [0.2, 0.25) is 4.34 Å². The molecule has 4 rings (SSSR count). The first kappa shape index (κ1) is 23.4. The Labute approximate surface area is 189 Å². The fraction of sp³-hybridized carbons (Fsp3) is 0.579. The quantitative estimate of drug-likeness (QED) is 0.275. The molecule has 0 amide bonds. The van der Waals surface area contributed by atoms with Gasteiger partial charge >= 0.3 is 0 Å². The zero-order valence-corrected chi connectivity index (χ0v) is 19.1. The predicted octanol–water partition coefficient (Wildman–Crippen LogP) is 2.69. The van der Waals surface area contributed by atoms with Crippen molar-refractivity contribution < 1.29 is 15.3 Å². The third kappa shape index (κ3) is 5.89. The summed E-state index contributed by atoms with van der Waals surface area (Å²) in [6.45, 7) is 2.04. The molecule has 166 valence electrons. The summed E-state index contributed by atoms with van der Waals surface area (Å²) in [4.78, 5) is 9.82. The Morgan fingerprint density at radius 1 is 1.20 bits per heavy atom. The summed E-state index contributed by atoms with van der Waals surface area (Å²) in [5.74, 6) is 2.12. The molecule has 4 unspecified atom stereocenters. The Morgan fingerprint density at radius 2 is 1.93 bits per heavy atom. The number of aliphatic hydroxyl groups excluding tert-OH is 3. The van der Waals surface area contributed by atoms with Crippen molar-refractivity contribution in [2.24, 2.45) is 0 Å². The molecule has 0 saturated heterocycles. The van der Waals surface area contributed by atoms with E-state index < -0.39 is 24.4 Å². The molecule has 2 saturated carbocycles. The summed E-state index contributed by atoms with van der Waals surface area (Å²) in [6.07, 6.45) is 0.837. The van der Waals surface area contributed by atoms with Gasteiger partial charge in [-0.25, -0.2) is 9.97 Å². The standard InChI is InChI=1S/C12H21N5O3S.C7H7ClS/c1-2-3-21-12-16-10(14)7(13)11(17-12)15-8-5(18)4-6(19)9(8)20;8-7-4-3-6(9-7)5-1-2-5/h5-6,8-9,18-20H,2-4,13H2,1H3,(H3,14,15,16,17);3-5H,1-2H2. The van der Waals surface area contributed by atoms with Gasteiger partial charge in [0.25, 0.3) is 0 Å². The Kier molecular flexibility index (Phi) is 8.05. The summed E-state index contributed by atoms with van der Waals surface area (Å²) in [6, 6.07) is 3.38. The number of aromatic nitrogens is 2. The number of thioether (sulfide) groups is 1. The highest BCUT2D eigenvalue weighted by Gasteiger charge is 2.41. The van der Waals surface area contributed by atoms with Crippen molar-refractivity contribution in [1.82, 2.24) is 9.97 Å². The molecular weight excluding hydrogens is 446 g/mol. The average Bonchev–Trinajstić information content (AvgIpc) is 3.42. The van der Waals surface area contributed by atoms with Crippen molar-refractivity contribution in [1.29, 1.82) is 0 Å². The van der Waals surface area contributed by atoms with E-state index in [-0.39, 0.29) is 23.7 Å². The smallest absolute Gasteiger partial charge is 0.191 e. The van der Waals surface area contributed by atoms with E-state index in [0.29, 0.717) is 5.16 Å². The Morgan fingerprint density at radius 3 is 2.47 bits per heavy atom. The van der Waals surface area contributed by atoms with E-state index in [4.69, 9.17) is 23.1 Å². The van der Waals surface area contributed by atoms with E-state index >= 15 is 0 Å². The molecule has 2 aliphatic carbocycles. The zero-order chi connectivity index (χ0) is 21.8. The second-order valence-electron chi connectivity index (χ2n) is 7.45. The van der Waals surface area contributed by atoms with Crippen molar-refractivity contribution >= 4 is 52.0 Å². The second-order valence-corrected chi connectivity index (χ2v) is 10.3. The molecule has 0 radical (unpaired) electrons. The molecule has 2 fully saturated rings. The second kappa shape index (κ2) is 10.3. The number of nitrogens with zero attached hydrogens (tertiary/aromatic N) is 2. The van der Waals surface area contributed by atoms with E-state index in [9.17, 15) is 15.3 Å². The summed E-state index contributed by atoms with van der Waals surface area (Å²) < 4.78 is 0.928. The van der Waals surface area contributed by atoms with Gasteiger partial charge in [-0.3, -0.25) is 0 Å². The molecule has 8 nitrogen and oxygen atoms in total. The largest absolute Gasteiger partial charge is 0.393 e. The lowest BCUT2D eigenvalue weighted by molar-refractivity contribution is 0.0388. The SMILES string of the molecule is CCCSc1nc(N)c(N)c(NC2C(O)CC(O)C2O)n1.Clc1ccc(C2CC2)s1. The van der Waals surface area contributed by atoms with Gasteiger partial charge in [0, 0.05) is 17.1 Å². The molecule has 0 aliphatic heterocycles. The normalized spacial score (nSPS) is 25.6. The van der Waals surface area contributed by atoms with E-state index in [1.54, 1.807) is 11.3 Å². The summed E-state index contributed by atoms with van der Waals surface area (Å²) in [5, 5.41) is 32.6. The van der Waals surface area contributed by atoms with Crippen molar-refractivity contribution in [3.05, 3.63) is 21.3 Å². The molecule has 11 heteroatoms. The van der Waals surface area contributed by atoms with E-state index in [1.807, 2.05) is 13.0 Å². The lowest BCUT2D eigenvalue weighted by Crippen LogP contribution is -2.39. The number of aliphatic hydroxyl groups is 3. The molecule has 2 aromatic rings. The summed E-state index contributed by atoms with van der Waals surface area (Å²) in [5.41, 5.74) is 11.8. The van der Waals surface area contributed by atoms with Crippen molar-refractivity contribution in [3.63, 3.8) is 0 Å². The molecule has 30 heavy (non-hydrogen) atoms. The minimum Gasteiger partial charge on any atom is -0.393 e. The number of rotatable bonds is 6. The van der Waals surface area contributed by atoms with E-state index in [0.717, 1.165) is 22.4 Å². The molecule has 2 heterocycles. The maximum atomic E-state index is 9.87. The van der Waals surface area contributed by atoms with E-state index in [1.165, 1.54) is 29.5 Å². The fourth-order valence-electron chi connectivity index (χ4n) is 3.09. The molecule has 0 spiro atoms. The number of anilines is 3. The van der Waals surface area contributed by atoms with Crippen molar-refractivity contribution in [2.45, 2.75) is 68.0 Å². The Hall–Kier alpha value is -1.30. The van der Waals surface area contributed by atoms with Crippen LogP contribution in [0.25, 0.3) is 0 Å². The highest BCUT2D eigenvalue weighted by atomic mass is 35.5. The fourth-order valence-corrected chi connectivity index (χ4v) is 5.02. The highest BCUT2D eigenvalue weighted by molar-refractivity contribution is 7.99. The van der Waals surface area contributed by atoms with Crippen LogP contribution in [0.4, 0.5) is 17.3 Å². The van der Waals surface area contributed by atoms with Gasteiger partial charge < -0.3 is 32.1 Å². The number of hydrogen-bond acceptors (Lipinski definition) is 10. The summed E-state index contributed by atoms with van der Waals surface area (Å²) in [7, 11) is 0. The molecule has 0 bridgehead atoms. The first-order valence-electron chi connectivity index (χ1n) is 9.91. The Balaban J connectivity index is 0.000000234. The van der Waals surface area contributed by atoms with Gasteiger partial charge in [-0.15, -0.1) is 11.3 Å². The molecular formula is C19H28ClN5O3S2. The van der Waals surface area contributed by atoms with E-state index in [2.05, 4.69) is 21.4 Å². The monoisotopic (exact) mass is 473 g/mol. The number of nitrogens with one attached hydrogen (secondary N) is 1. The van der Waals surface area contributed by atoms with Gasteiger partial charge in [0.15, 0.2) is 16.8 Å². The topological polar surface area (TPSA) is 151 Å². The summed E-state index contributed by atoms with van der Waals surface area (Å²) >= 11 is 8.92. The van der Waals surface area contributed by atoms with Crippen molar-refractivity contribution in [2.75, 3.05) is 22.5 Å². The lowest BCUT2D eigenvalue weighted by Gasteiger charge is -2.22. The average molecular weight is 474 g/mol. The first-order chi connectivity index (χ1) is 14.3. The van der Waals surface area contributed by atoms with Crippen LogP contribution in [0.5, 0.6) is 0 Å². The van der Waals surface area contributed by atoms with Gasteiger partial charge in [-0.1, -0.05) is 30.3 Å². The first-order valence-corrected chi connectivity index (χ1v) is 12.1. The van der Waals surface area contributed by atoms with Crippen LogP contribution < -0.4 is 16.8 Å². The van der Waals surface area contributed by atoms with Crippen LogP contribution in [0.15, 0.2) is 17.3 Å². The number of nitrogens with two attached hydrogens (primary N) is 2. The number of halogens is 1. The molecule has 2 aromatic heterocycles. The van der Waals surface area contributed by atoms with Crippen LogP contribution >= 0.6 is 34.7 Å². The lowest BCUT2D eigenvalue weighted by atomic mass is 10.2. The number of nitrogen functional groups attached to an aromatic ring is 2. The van der Waals surface area contributed by atoms with Gasteiger partial charge in [0.2, 0.25) is 0 Å². The van der Waals surface area contributed by atoms with Gasteiger partial charge in [0.05, 0.1) is 22.6 Å². The predicted molar refractivity (Wildman–Crippen MR) is 123 cm³/mol. The van der Waals surface area contributed by atoms with Crippen LogP contribution in [0.3, 0.4) is 0 Å². The van der Waals surface area contributed by atoms with Crippen LogP contribution in [-0.2, 0) is 0 Å². The number of thiophene rings is 1. The zero-order valence-electron chi connectivity index (χ0n) is 16.7. The third-order valence-electron chi connectivity index (χ3n) is 4.93. The maximum Gasteiger partial charge on any atom is 0.191 e. The van der Waals surface area contributed by atoms with Gasteiger partial charge in [0.1, 0.15) is 11.8 Å². The molecule has 0 aromatic carbocycles. The van der Waals surface area contributed by atoms with Gasteiger partial charge in [-0.05, 0) is 37.3 Å². The van der Waals surface area contributed by atoms with Crippen LogP contribution in [0.1, 0.15) is 43.4 Å². The molecule has 4 atom stereocenters. The number of hydrogen-bond donors (Lipinski definition) is 6. The minimum atomic E-state index is -1.10. The molecule has 8 N–H and O–H groups in total. The van der Waals surface area contributed by atoms with Crippen molar-refractivity contribution in [3.8, 4) is 0 Å². The third-order valence-corrected chi connectivity index (χ3v) is 7.37. The van der Waals surface area contributed by atoms with Crippen LogP contribution in [0, 0.1) is 0 Å². The Bertz CT molecular complexity index is 852. The van der Waals surface area contributed by atoms with Gasteiger partial charge in [-0.2, -0.15) is 0 Å². The minimum absolute atomic E-state index is 0.0940. The maximum absolute atomic E-state index is 9.87. The highest BCUT2D eigenvalue weighted by Crippen LogP contribution is 2.44. The van der Waals surface area contributed by atoms with Crippen LogP contribution in [-0.4, -0.2) is 55.4 Å². The molecule has 2 aliphatic rings.